The number of hydrogen-bond acceptors (Lipinski definition) is 5. The van der Waals surface area contributed by atoms with Crippen molar-refractivity contribution in [2.24, 2.45) is 23.7 Å². The molecule has 2 bridgehead atoms. The van der Waals surface area contributed by atoms with E-state index in [2.05, 4.69) is 5.32 Å². The summed E-state index contributed by atoms with van der Waals surface area (Å²) < 4.78 is 10.4. The molecule has 3 fully saturated rings. The van der Waals surface area contributed by atoms with Crippen molar-refractivity contribution in [2.75, 3.05) is 19.5 Å². The van der Waals surface area contributed by atoms with E-state index in [9.17, 15) is 14.7 Å². The van der Waals surface area contributed by atoms with Crippen LogP contribution in [0, 0.1) is 23.7 Å². The molecule has 0 unspecified atom stereocenters. The van der Waals surface area contributed by atoms with E-state index in [1.165, 1.54) is 14.2 Å². The van der Waals surface area contributed by atoms with Crippen molar-refractivity contribution in [1.82, 2.24) is 0 Å². The van der Waals surface area contributed by atoms with Gasteiger partial charge in [0.15, 0.2) is 0 Å². The van der Waals surface area contributed by atoms with Crippen molar-refractivity contribution in [3.05, 3.63) is 18.2 Å². The topological polar surface area (TPSA) is 87.7 Å². The average molecular weight is 332 g/mol. The Kier molecular flexibility index (Phi) is 4.64. The third-order valence-electron chi connectivity index (χ3n) is 5.41. The summed E-state index contributed by atoms with van der Waals surface area (Å²) in [4.78, 5) is 24.4. The Morgan fingerprint density at radius 3 is 1.92 bits per heavy atom. The van der Waals surface area contributed by atoms with Crippen LogP contribution < -0.4 is 19.9 Å². The minimum absolute atomic E-state index is 0.0515. The van der Waals surface area contributed by atoms with E-state index in [1.54, 1.807) is 18.2 Å². The lowest BCUT2D eigenvalue weighted by atomic mass is 9.58. The van der Waals surface area contributed by atoms with Gasteiger partial charge in [-0.3, -0.25) is 4.79 Å². The molecule has 0 saturated heterocycles. The van der Waals surface area contributed by atoms with Gasteiger partial charge in [0.1, 0.15) is 11.5 Å². The molecule has 0 radical (unpaired) electrons. The van der Waals surface area contributed by atoms with Gasteiger partial charge in [-0.25, -0.2) is 0 Å². The molecule has 6 heteroatoms. The molecule has 1 amide bonds. The van der Waals surface area contributed by atoms with Crippen LogP contribution in [0.15, 0.2) is 18.2 Å². The average Bonchev–Trinajstić information content (AvgIpc) is 2.61. The number of rotatable bonds is 5. The van der Waals surface area contributed by atoms with Crippen molar-refractivity contribution in [3.8, 4) is 11.5 Å². The van der Waals surface area contributed by atoms with Gasteiger partial charge in [-0.1, -0.05) is 0 Å². The minimum atomic E-state index is -1.10. The predicted molar refractivity (Wildman–Crippen MR) is 85.6 cm³/mol. The molecule has 24 heavy (non-hydrogen) atoms. The Morgan fingerprint density at radius 1 is 0.958 bits per heavy atom. The maximum Gasteiger partial charge on any atom is 0.228 e. The largest absolute Gasteiger partial charge is 0.550 e. The number of aliphatic carboxylic acids is 1. The summed E-state index contributed by atoms with van der Waals surface area (Å²) in [5.74, 6) is -1.29. The molecule has 6 nitrogen and oxygen atoms in total. The molecule has 0 aliphatic heterocycles. The highest BCUT2D eigenvalue weighted by Crippen LogP contribution is 2.49. The number of ether oxygens (including phenoxy) is 2. The standard InChI is InChI=1S/C18H23NO5/c1-23-13-7-12(8-14(9-13)24-2)19-17(20)15-10-3-5-11(6-4-10)16(15)18(21)22/h7-11,15-16H,3-6H2,1-2H3,(H,19,20)(H,21,22)/p-1/t10?,11?,15-,16+/m0/s1. The fourth-order valence-electron chi connectivity index (χ4n) is 4.27. The third kappa shape index (κ3) is 3.05. The Hall–Kier alpha value is -2.24. The highest BCUT2D eigenvalue weighted by Gasteiger charge is 2.47. The van der Waals surface area contributed by atoms with Gasteiger partial charge in [0, 0.05) is 41.7 Å². The second-order valence-electron chi connectivity index (χ2n) is 6.64. The molecule has 3 aliphatic carbocycles. The number of hydrogen-bond donors (Lipinski definition) is 1. The van der Waals surface area contributed by atoms with Gasteiger partial charge in [0.25, 0.3) is 0 Å². The van der Waals surface area contributed by atoms with Gasteiger partial charge in [-0.15, -0.1) is 0 Å². The van der Waals surface area contributed by atoms with Crippen LogP contribution in [0.5, 0.6) is 11.5 Å². The quantitative estimate of drug-likeness (QED) is 0.881. The first-order valence-electron chi connectivity index (χ1n) is 8.28. The smallest absolute Gasteiger partial charge is 0.228 e. The maximum atomic E-state index is 12.8. The second-order valence-corrected chi connectivity index (χ2v) is 6.64. The lowest BCUT2D eigenvalue weighted by Crippen LogP contribution is -2.52. The van der Waals surface area contributed by atoms with Crippen LogP contribution in [0.3, 0.4) is 0 Å². The van der Waals surface area contributed by atoms with Crippen molar-refractivity contribution in [1.29, 1.82) is 0 Å². The number of fused-ring (bicyclic) bond motifs is 3. The summed E-state index contributed by atoms with van der Waals surface area (Å²) in [5.41, 5.74) is 0.537. The SMILES string of the molecule is COc1cc(NC(=O)[C@H]2C3CCC(CC3)[C@H]2C(=O)[O-])cc(OC)c1. The monoisotopic (exact) mass is 332 g/mol. The summed E-state index contributed by atoms with van der Waals surface area (Å²) in [6.07, 6.45) is 3.57. The molecule has 2 atom stereocenters. The molecule has 4 rings (SSSR count). The molecule has 0 aromatic heterocycles. The molecule has 1 aromatic carbocycles. The molecule has 0 spiro atoms. The summed E-state index contributed by atoms with van der Waals surface area (Å²) in [7, 11) is 3.07. The lowest BCUT2D eigenvalue weighted by Gasteiger charge is -2.48. The van der Waals surface area contributed by atoms with Crippen LogP contribution in [0.1, 0.15) is 25.7 Å². The van der Waals surface area contributed by atoms with Crippen molar-refractivity contribution in [2.45, 2.75) is 25.7 Å². The molecule has 0 heterocycles. The van der Waals surface area contributed by atoms with E-state index in [0.29, 0.717) is 17.2 Å². The number of carboxylic acids is 1. The lowest BCUT2D eigenvalue weighted by molar-refractivity contribution is -0.318. The van der Waals surface area contributed by atoms with E-state index < -0.39 is 17.8 Å². The van der Waals surface area contributed by atoms with Crippen LogP contribution >= 0.6 is 0 Å². The molecular formula is C18H22NO5-. The molecule has 1 N–H and O–H groups in total. The molecule has 3 saturated carbocycles. The van der Waals surface area contributed by atoms with Gasteiger partial charge in [-0.2, -0.15) is 0 Å². The van der Waals surface area contributed by atoms with Gasteiger partial charge < -0.3 is 24.7 Å². The fourth-order valence-corrected chi connectivity index (χ4v) is 4.27. The first-order valence-corrected chi connectivity index (χ1v) is 8.28. The van der Waals surface area contributed by atoms with E-state index in [4.69, 9.17) is 9.47 Å². The van der Waals surface area contributed by atoms with E-state index >= 15 is 0 Å². The normalized spacial score (nSPS) is 28.2. The van der Waals surface area contributed by atoms with Crippen LogP contribution in [-0.4, -0.2) is 26.1 Å². The van der Waals surface area contributed by atoms with E-state index in [-0.39, 0.29) is 17.7 Å². The second kappa shape index (κ2) is 6.71. The number of carbonyl (C=O) groups is 2. The Morgan fingerprint density at radius 2 is 1.46 bits per heavy atom. The fraction of sp³-hybridized carbons (Fsp3) is 0.556. The highest BCUT2D eigenvalue weighted by atomic mass is 16.5. The van der Waals surface area contributed by atoms with Crippen molar-refractivity contribution in [3.63, 3.8) is 0 Å². The van der Waals surface area contributed by atoms with Crippen molar-refractivity contribution >= 4 is 17.6 Å². The number of methoxy groups -OCH3 is 2. The number of carboxylic acid groups (broad SMARTS) is 1. The molecule has 1 aromatic rings. The Bertz CT molecular complexity index is 614. The Balaban J connectivity index is 1.82. The zero-order valence-electron chi connectivity index (χ0n) is 13.9. The number of carbonyl (C=O) groups excluding carboxylic acids is 2. The van der Waals surface area contributed by atoms with Crippen LogP contribution in [-0.2, 0) is 9.59 Å². The molecule has 3 aliphatic rings. The van der Waals surface area contributed by atoms with Gasteiger partial charge in [0.05, 0.1) is 14.2 Å². The molecule has 130 valence electrons. The van der Waals surface area contributed by atoms with E-state index in [0.717, 1.165) is 25.7 Å². The zero-order chi connectivity index (χ0) is 17.3. The van der Waals surface area contributed by atoms with Crippen LogP contribution in [0.2, 0.25) is 0 Å². The van der Waals surface area contributed by atoms with Crippen LogP contribution in [0.4, 0.5) is 5.69 Å². The first-order chi connectivity index (χ1) is 11.5. The first kappa shape index (κ1) is 16.6. The summed E-state index contributed by atoms with van der Waals surface area (Å²) >= 11 is 0. The van der Waals surface area contributed by atoms with Gasteiger partial charge in [0.2, 0.25) is 5.91 Å². The van der Waals surface area contributed by atoms with E-state index in [1.807, 2.05) is 0 Å². The number of benzene rings is 1. The van der Waals surface area contributed by atoms with Gasteiger partial charge >= 0.3 is 0 Å². The highest BCUT2D eigenvalue weighted by molar-refractivity contribution is 5.95. The molecular weight excluding hydrogens is 310 g/mol. The zero-order valence-corrected chi connectivity index (χ0v) is 13.9. The predicted octanol–water partition coefficient (Wildman–Crippen LogP) is 1.44. The summed E-state index contributed by atoms with van der Waals surface area (Å²) in [6.45, 7) is 0. The van der Waals surface area contributed by atoms with Crippen molar-refractivity contribution < 1.29 is 24.2 Å². The minimum Gasteiger partial charge on any atom is -0.550 e. The van der Waals surface area contributed by atoms with Gasteiger partial charge in [-0.05, 0) is 37.5 Å². The summed E-state index contributed by atoms with van der Waals surface area (Å²) in [5, 5.41) is 14.4. The number of nitrogens with one attached hydrogen (secondary N) is 1. The maximum absolute atomic E-state index is 12.8. The van der Waals surface area contributed by atoms with Crippen LogP contribution in [0.25, 0.3) is 0 Å². The number of anilines is 1. The number of amides is 1. The Labute approximate surface area is 141 Å². The third-order valence-corrected chi connectivity index (χ3v) is 5.41. The summed E-state index contributed by atoms with van der Waals surface area (Å²) in [6, 6.07) is 5.09.